The number of hydrogen-bond donors (Lipinski definition) is 0. The molecule has 7 heteroatoms. The molecule has 0 fully saturated rings. The molecule has 2 rings (SSSR count). The molecule has 0 spiro atoms. The smallest absolute Gasteiger partial charge is 0.244 e. The molecular formula is C13H18N2O2S2Si. The zero-order valence-corrected chi connectivity index (χ0v) is 14.4. The van der Waals surface area contributed by atoms with Crippen LogP contribution in [0.25, 0.3) is 0 Å². The van der Waals surface area contributed by atoms with Crippen molar-refractivity contribution in [1.29, 1.82) is 0 Å². The molecule has 108 valence electrons. The molecule has 0 amide bonds. The maximum Gasteiger partial charge on any atom is 0.265 e. The lowest BCUT2D eigenvalue weighted by atomic mass is 10.4. The summed E-state index contributed by atoms with van der Waals surface area (Å²) < 4.78 is 27.1. The molecule has 0 aliphatic rings. The highest BCUT2D eigenvalue weighted by Crippen LogP contribution is 2.26. The fourth-order valence-corrected chi connectivity index (χ4v) is 6.69. The average molecular weight is 327 g/mol. The summed E-state index contributed by atoms with van der Waals surface area (Å²) in [6.07, 6.45) is 2.16. The van der Waals surface area contributed by atoms with Gasteiger partial charge in [-0.2, -0.15) is 0 Å². The molecular weight excluding hydrogens is 308 g/mol. The quantitative estimate of drug-likeness (QED) is 0.793. The van der Waals surface area contributed by atoms with E-state index in [-0.39, 0.29) is 0 Å². The molecule has 0 aliphatic carbocycles. The minimum atomic E-state index is -3.54. The van der Waals surface area contributed by atoms with Crippen molar-refractivity contribution in [1.82, 2.24) is 4.98 Å². The first-order valence-electron chi connectivity index (χ1n) is 6.28. The van der Waals surface area contributed by atoms with E-state index < -0.39 is 18.1 Å². The summed E-state index contributed by atoms with van der Waals surface area (Å²) in [5, 5.41) is 2.34. The molecule has 1 aromatic heterocycles. The first-order valence-corrected chi connectivity index (χ1v) is 12.3. The van der Waals surface area contributed by atoms with Crippen LogP contribution in [0.15, 0.2) is 46.8 Å². The maximum absolute atomic E-state index is 12.8. The number of hydrogen-bond acceptors (Lipinski definition) is 4. The van der Waals surface area contributed by atoms with Crippen molar-refractivity contribution < 1.29 is 8.42 Å². The van der Waals surface area contributed by atoms with Gasteiger partial charge in [0.05, 0.1) is 13.0 Å². The SMILES string of the molecule is C[Si](C)(C)CN(c1nccs1)S(=O)(=O)c1ccccc1. The van der Waals surface area contributed by atoms with E-state index in [4.69, 9.17) is 0 Å². The second kappa shape index (κ2) is 5.67. The number of nitrogens with zero attached hydrogens (tertiary/aromatic N) is 2. The normalized spacial score (nSPS) is 12.3. The summed E-state index contributed by atoms with van der Waals surface area (Å²) >= 11 is 1.35. The Morgan fingerprint density at radius 3 is 2.35 bits per heavy atom. The maximum atomic E-state index is 12.8. The van der Waals surface area contributed by atoms with Gasteiger partial charge in [0.25, 0.3) is 10.0 Å². The van der Waals surface area contributed by atoms with Gasteiger partial charge < -0.3 is 0 Å². The first kappa shape index (κ1) is 15.2. The third-order valence-electron chi connectivity index (χ3n) is 2.58. The third-order valence-corrected chi connectivity index (χ3v) is 6.74. The molecule has 4 nitrogen and oxygen atoms in total. The van der Waals surface area contributed by atoms with Crippen LogP contribution >= 0.6 is 11.3 Å². The standard InChI is InChI=1S/C13H18N2O2S2Si/c1-20(2,3)11-15(13-14-9-10-18-13)19(16,17)12-7-5-4-6-8-12/h4-10H,11H2,1-3H3. The highest BCUT2D eigenvalue weighted by molar-refractivity contribution is 7.93. The van der Waals surface area contributed by atoms with Crippen LogP contribution in [0.3, 0.4) is 0 Å². The lowest BCUT2D eigenvalue weighted by molar-refractivity contribution is 0.593. The Kier molecular flexibility index (Phi) is 4.31. The molecule has 0 saturated heterocycles. The molecule has 0 bridgehead atoms. The van der Waals surface area contributed by atoms with Crippen molar-refractivity contribution in [3.05, 3.63) is 41.9 Å². The second-order valence-electron chi connectivity index (χ2n) is 5.70. The zero-order chi connectivity index (χ0) is 14.8. The summed E-state index contributed by atoms with van der Waals surface area (Å²) in [6.45, 7) is 6.44. The van der Waals surface area contributed by atoms with Crippen molar-refractivity contribution >= 4 is 34.6 Å². The minimum Gasteiger partial charge on any atom is -0.244 e. The van der Waals surface area contributed by atoms with Crippen LogP contribution < -0.4 is 4.31 Å². The largest absolute Gasteiger partial charge is 0.265 e. The van der Waals surface area contributed by atoms with Crippen LogP contribution in [0.2, 0.25) is 19.6 Å². The number of aromatic nitrogens is 1. The van der Waals surface area contributed by atoms with Crippen LogP contribution in [0.5, 0.6) is 0 Å². The second-order valence-corrected chi connectivity index (χ2v) is 13.9. The lowest BCUT2D eigenvalue weighted by Crippen LogP contribution is -2.43. The van der Waals surface area contributed by atoms with Crippen molar-refractivity contribution in [3.8, 4) is 0 Å². The van der Waals surface area contributed by atoms with Gasteiger partial charge in [-0.25, -0.2) is 17.7 Å². The Morgan fingerprint density at radius 2 is 1.85 bits per heavy atom. The van der Waals surface area contributed by atoms with Gasteiger partial charge in [0.15, 0.2) is 5.13 Å². The summed E-state index contributed by atoms with van der Waals surface area (Å²) in [5.74, 6) is 0. The number of benzene rings is 1. The molecule has 1 heterocycles. The highest BCUT2D eigenvalue weighted by Gasteiger charge is 2.31. The summed E-state index contributed by atoms with van der Waals surface area (Å²) in [4.78, 5) is 4.49. The van der Waals surface area contributed by atoms with E-state index >= 15 is 0 Å². The van der Waals surface area contributed by atoms with Gasteiger partial charge in [0.1, 0.15) is 0 Å². The predicted molar refractivity (Wildman–Crippen MR) is 86.4 cm³/mol. The molecule has 1 aromatic carbocycles. The molecule has 0 radical (unpaired) electrons. The molecule has 0 aliphatic heterocycles. The molecule has 0 saturated carbocycles. The van der Waals surface area contributed by atoms with Crippen molar-refractivity contribution in [2.45, 2.75) is 24.5 Å². The van der Waals surface area contributed by atoms with Crippen LogP contribution in [0, 0.1) is 0 Å². The van der Waals surface area contributed by atoms with Crippen molar-refractivity contribution in [2.24, 2.45) is 0 Å². The van der Waals surface area contributed by atoms with E-state index in [0.717, 1.165) is 0 Å². The monoisotopic (exact) mass is 326 g/mol. The Labute approximate surface area is 125 Å². The highest BCUT2D eigenvalue weighted by atomic mass is 32.2. The fraction of sp³-hybridized carbons (Fsp3) is 0.308. The summed E-state index contributed by atoms with van der Waals surface area (Å²) in [7, 11) is -5.15. The number of anilines is 1. The van der Waals surface area contributed by atoms with E-state index in [1.165, 1.54) is 15.6 Å². The third kappa shape index (κ3) is 3.47. The Morgan fingerprint density at radius 1 is 1.20 bits per heavy atom. The number of rotatable bonds is 5. The fourth-order valence-electron chi connectivity index (χ4n) is 1.75. The lowest BCUT2D eigenvalue weighted by Gasteiger charge is -2.27. The van der Waals surface area contributed by atoms with E-state index in [2.05, 4.69) is 24.6 Å². The van der Waals surface area contributed by atoms with Gasteiger partial charge in [-0.3, -0.25) is 0 Å². The molecule has 0 unspecified atom stereocenters. The van der Waals surface area contributed by atoms with Crippen LogP contribution in [0.1, 0.15) is 0 Å². The average Bonchev–Trinajstić information content (AvgIpc) is 2.89. The Bertz CT molecular complexity index is 649. The van der Waals surface area contributed by atoms with Crippen LogP contribution in [-0.4, -0.2) is 27.6 Å². The zero-order valence-electron chi connectivity index (χ0n) is 11.8. The Hall–Kier alpha value is -1.18. The van der Waals surface area contributed by atoms with Crippen molar-refractivity contribution in [2.75, 3.05) is 10.5 Å². The van der Waals surface area contributed by atoms with E-state index in [1.807, 2.05) is 6.07 Å². The predicted octanol–water partition coefficient (Wildman–Crippen LogP) is 3.22. The van der Waals surface area contributed by atoms with Gasteiger partial charge in [-0.05, 0) is 12.1 Å². The van der Waals surface area contributed by atoms with E-state index in [1.54, 1.807) is 35.8 Å². The molecule has 20 heavy (non-hydrogen) atoms. The summed E-state index contributed by atoms with van der Waals surface area (Å²) in [6, 6.07) is 8.54. The van der Waals surface area contributed by atoms with Gasteiger partial charge >= 0.3 is 0 Å². The molecule has 0 N–H and O–H groups in total. The minimum absolute atomic E-state index is 0.313. The number of thiazole rings is 1. The van der Waals surface area contributed by atoms with Crippen molar-refractivity contribution in [3.63, 3.8) is 0 Å². The van der Waals surface area contributed by atoms with Gasteiger partial charge in [-0.15, -0.1) is 11.3 Å². The summed E-state index contributed by atoms with van der Waals surface area (Å²) in [5.41, 5.74) is 0. The van der Waals surface area contributed by atoms with Gasteiger partial charge in [-0.1, -0.05) is 37.8 Å². The first-order chi connectivity index (χ1) is 9.31. The van der Waals surface area contributed by atoms with E-state index in [0.29, 0.717) is 16.2 Å². The van der Waals surface area contributed by atoms with Crippen LogP contribution in [-0.2, 0) is 10.0 Å². The van der Waals surface area contributed by atoms with E-state index in [9.17, 15) is 8.42 Å². The molecule has 0 atom stereocenters. The molecule has 2 aromatic rings. The van der Waals surface area contributed by atoms with Gasteiger partial charge in [0, 0.05) is 17.7 Å². The van der Waals surface area contributed by atoms with Crippen LogP contribution in [0.4, 0.5) is 5.13 Å². The Balaban J connectivity index is 2.47. The number of sulfonamides is 1. The topological polar surface area (TPSA) is 50.3 Å². The van der Waals surface area contributed by atoms with Gasteiger partial charge in [0.2, 0.25) is 0 Å².